The predicted molar refractivity (Wildman–Crippen MR) is 72.6 cm³/mol. The highest BCUT2D eigenvalue weighted by molar-refractivity contribution is 5.96. The molecule has 0 aliphatic carbocycles. The van der Waals surface area contributed by atoms with Crippen LogP contribution >= 0.6 is 0 Å². The molecule has 0 saturated carbocycles. The van der Waals surface area contributed by atoms with Crippen molar-refractivity contribution in [3.63, 3.8) is 0 Å². The summed E-state index contributed by atoms with van der Waals surface area (Å²) >= 11 is 0. The molecular weight excluding hydrogens is 246 g/mol. The van der Waals surface area contributed by atoms with E-state index in [1.807, 2.05) is 20.8 Å². The Morgan fingerprint density at radius 3 is 2.00 bits per heavy atom. The van der Waals surface area contributed by atoms with Crippen LogP contribution in [0.3, 0.4) is 0 Å². The first kappa shape index (κ1) is 17.6. The lowest BCUT2D eigenvalue weighted by atomic mass is 10.1. The topological polar surface area (TPSA) is 63.7 Å². The number of Topliss-reactive ketones (excluding diaryl/α,β-unsaturated/α-hetero) is 1. The number of ether oxygens (including phenoxy) is 1. The molecule has 1 heterocycles. The minimum Gasteiger partial charge on any atom is -0.462 e. The number of hydrogen-bond donors (Lipinski definition) is 0. The van der Waals surface area contributed by atoms with Crippen molar-refractivity contribution in [2.24, 2.45) is 0 Å². The molecule has 0 aromatic rings. The summed E-state index contributed by atoms with van der Waals surface area (Å²) in [4.78, 5) is 33.4. The van der Waals surface area contributed by atoms with Gasteiger partial charge in [-0.1, -0.05) is 0 Å². The smallest absolute Gasteiger partial charge is 0.293 e. The standard InChI is InChI=1S/C9H15NO2.C5H10O2/c1-8(11)7-9(12)10-5-3-2-4-6-10;1-5(2,3)7-4-6/h2-7H2,1H3;4H,1-3H3. The van der Waals surface area contributed by atoms with Crippen molar-refractivity contribution in [1.29, 1.82) is 0 Å². The first-order valence-corrected chi connectivity index (χ1v) is 6.65. The van der Waals surface area contributed by atoms with Gasteiger partial charge in [-0.3, -0.25) is 14.4 Å². The van der Waals surface area contributed by atoms with Crippen LogP contribution in [0.4, 0.5) is 0 Å². The fourth-order valence-electron chi connectivity index (χ4n) is 1.61. The third-order valence-electron chi connectivity index (χ3n) is 2.51. The summed E-state index contributed by atoms with van der Waals surface area (Å²) in [5.74, 6) is -0.0345. The van der Waals surface area contributed by atoms with Crippen LogP contribution < -0.4 is 0 Å². The highest BCUT2D eigenvalue weighted by atomic mass is 16.5. The molecule has 5 heteroatoms. The molecular formula is C14H25NO4. The highest BCUT2D eigenvalue weighted by Crippen LogP contribution is 2.09. The van der Waals surface area contributed by atoms with Gasteiger partial charge in [0.15, 0.2) is 0 Å². The van der Waals surface area contributed by atoms with Crippen LogP contribution in [0.2, 0.25) is 0 Å². The van der Waals surface area contributed by atoms with Crippen molar-refractivity contribution >= 4 is 18.2 Å². The summed E-state index contributed by atoms with van der Waals surface area (Å²) in [5, 5.41) is 0. The molecule has 1 aliphatic rings. The van der Waals surface area contributed by atoms with Gasteiger partial charge in [-0.05, 0) is 47.0 Å². The summed E-state index contributed by atoms with van der Waals surface area (Å²) in [6.07, 6.45) is 3.47. The third kappa shape index (κ3) is 10.2. The normalized spacial score (nSPS) is 15.1. The van der Waals surface area contributed by atoms with E-state index in [9.17, 15) is 14.4 Å². The fraction of sp³-hybridized carbons (Fsp3) is 0.786. The van der Waals surface area contributed by atoms with Gasteiger partial charge in [-0.15, -0.1) is 0 Å². The van der Waals surface area contributed by atoms with Crippen molar-refractivity contribution in [2.45, 2.75) is 59.0 Å². The van der Waals surface area contributed by atoms with Crippen molar-refractivity contribution < 1.29 is 19.1 Å². The van der Waals surface area contributed by atoms with Crippen LogP contribution in [0.25, 0.3) is 0 Å². The van der Waals surface area contributed by atoms with E-state index < -0.39 is 0 Å². The van der Waals surface area contributed by atoms with E-state index in [2.05, 4.69) is 4.74 Å². The van der Waals surface area contributed by atoms with Crippen molar-refractivity contribution in [1.82, 2.24) is 4.90 Å². The van der Waals surface area contributed by atoms with Crippen LogP contribution in [-0.4, -0.2) is 41.8 Å². The summed E-state index contributed by atoms with van der Waals surface area (Å²) in [5.41, 5.74) is -0.318. The summed E-state index contributed by atoms with van der Waals surface area (Å²) in [6, 6.07) is 0. The van der Waals surface area contributed by atoms with E-state index in [4.69, 9.17) is 0 Å². The molecule has 1 fully saturated rings. The SMILES string of the molecule is CC(=O)CC(=O)N1CCCCC1.CC(C)(C)OC=O. The molecule has 5 nitrogen and oxygen atoms in total. The molecule has 1 amide bonds. The Balaban J connectivity index is 0.000000399. The van der Waals surface area contributed by atoms with E-state index in [0.717, 1.165) is 25.9 Å². The lowest BCUT2D eigenvalue weighted by molar-refractivity contribution is -0.139. The zero-order valence-electron chi connectivity index (χ0n) is 12.4. The Hall–Kier alpha value is -1.39. The Kier molecular flexibility index (Phi) is 8.03. The summed E-state index contributed by atoms with van der Waals surface area (Å²) < 4.78 is 4.55. The van der Waals surface area contributed by atoms with Crippen molar-refractivity contribution in [2.75, 3.05) is 13.1 Å². The van der Waals surface area contributed by atoms with Crippen LogP contribution in [0, 0.1) is 0 Å². The Morgan fingerprint density at radius 1 is 1.16 bits per heavy atom. The molecule has 0 N–H and O–H groups in total. The molecule has 0 unspecified atom stereocenters. The number of carbonyl (C=O) groups is 3. The minimum atomic E-state index is -0.318. The Labute approximate surface area is 115 Å². The average Bonchev–Trinajstić information content (AvgIpc) is 2.28. The molecule has 0 bridgehead atoms. The first-order chi connectivity index (χ1) is 8.76. The average molecular weight is 271 g/mol. The number of hydrogen-bond acceptors (Lipinski definition) is 4. The van der Waals surface area contributed by atoms with Gasteiger partial charge in [0, 0.05) is 13.1 Å². The molecule has 19 heavy (non-hydrogen) atoms. The maximum atomic E-state index is 11.3. The maximum Gasteiger partial charge on any atom is 0.293 e. The largest absolute Gasteiger partial charge is 0.462 e. The summed E-state index contributed by atoms with van der Waals surface area (Å²) in [7, 11) is 0. The molecule has 1 aliphatic heterocycles. The van der Waals surface area contributed by atoms with Crippen LogP contribution in [-0.2, 0) is 19.1 Å². The minimum absolute atomic E-state index is 0.00204. The lowest BCUT2D eigenvalue weighted by Crippen LogP contribution is -2.36. The molecule has 1 saturated heterocycles. The van der Waals surface area contributed by atoms with Crippen LogP contribution in [0.5, 0.6) is 0 Å². The van der Waals surface area contributed by atoms with Crippen LogP contribution in [0.15, 0.2) is 0 Å². The number of likely N-dealkylation sites (tertiary alicyclic amines) is 1. The molecule has 0 aromatic carbocycles. The van der Waals surface area contributed by atoms with Gasteiger partial charge in [-0.25, -0.2) is 0 Å². The van der Waals surface area contributed by atoms with E-state index in [-0.39, 0.29) is 23.7 Å². The molecule has 0 radical (unpaired) electrons. The zero-order valence-corrected chi connectivity index (χ0v) is 12.4. The van der Waals surface area contributed by atoms with Gasteiger partial charge < -0.3 is 9.64 Å². The number of carbonyl (C=O) groups excluding carboxylic acids is 3. The van der Waals surface area contributed by atoms with Gasteiger partial charge in [0.05, 0.1) is 6.42 Å². The molecule has 1 rings (SSSR count). The lowest BCUT2D eigenvalue weighted by Gasteiger charge is -2.26. The van der Waals surface area contributed by atoms with E-state index >= 15 is 0 Å². The molecule has 0 atom stereocenters. The second-order valence-electron chi connectivity index (χ2n) is 5.65. The summed E-state index contributed by atoms with van der Waals surface area (Å²) in [6.45, 7) is 9.06. The quantitative estimate of drug-likeness (QED) is 0.581. The number of amides is 1. The van der Waals surface area contributed by atoms with Gasteiger partial charge in [0.25, 0.3) is 6.47 Å². The van der Waals surface area contributed by atoms with Gasteiger partial charge >= 0.3 is 0 Å². The maximum absolute atomic E-state index is 11.3. The van der Waals surface area contributed by atoms with E-state index in [1.54, 1.807) is 4.90 Å². The number of nitrogens with zero attached hydrogens (tertiary/aromatic N) is 1. The third-order valence-corrected chi connectivity index (χ3v) is 2.51. The van der Waals surface area contributed by atoms with Crippen molar-refractivity contribution in [3.8, 4) is 0 Å². The van der Waals surface area contributed by atoms with Gasteiger partial charge in [-0.2, -0.15) is 0 Å². The van der Waals surface area contributed by atoms with Crippen molar-refractivity contribution in [3.05, 3.63) is 0 Å². The Bertz CT molecular complexity index is 301. The monoisotopic (exact) mass is 271 g/mol. The van der Waals surface area contributed by atoms with E-state index in [1.165, 1.54) is 13.3 Å². The number of rotatable bonds is 3. The van der Waals surface area contributed by atoms with Gasteiger partial charge in [0.2, 0.25) is 5.91 Å². The molecule has 110 valence electrons. The first-order valence-electron chi connectivity index (χ1n) is 6.65. The number of ketones is 1. The van der Waals surface area contributed by atoms with Crippen LogP contribution in [0.1, 0.15) is 53.4 Å². The number of piperidine rings is 1. The van der Waals surface area contributed by atoms with Gasteiger partial charge in [0.1, 0.15) is 11.4 Å². The second-order valence-corrected chi connectivity index (χ2v) is 5.65. The second kappa shape index (κ2) is 8.67. The predicted octanol–water partition coefficient (Wildman–Crippen LogP) is 1.94. The van der Waals surface area contributed by atoms with E-state index in [0.29, 0.717) is 6.47 Å². The highest BCUT2D eigenvalue weighted by Gasteiger charge is 2.16. The fourth-order valence-corrected chi connectivity index (χ4v) is 1.61. The Morgan fingerprint density at radius 2 is 1.68 bits per heavy atom. The molecule has 0 spiro atoms. The molecule has 0 aromatic heterocycles. The zero-order chi connectivity index (χ0) is 14.9.